The second-order valence-electron chi connectivity index (χ2n) is 5.67. The number of aromatic nitrogens is 2. The molecule has 0 spiro atoms. The van der Waals surface area contributed by atoms with Crippen molar-refractivity contribution < 1.29 is 27.8 Å². The highest BCUT2D eigenvalue weighted by Gasteiger charge is 2.12. The molecule has 0 aliphatic heterocycles. The van der Waals surface area contributed by atoms with Crippen molar-refractivity contribution in [2.24, 2.45) is 0 Å². The maximum absolute atomic E-state index is 12.8. The summed E-state index contributed by atoms with van der Waals surface area (Å²) in [6.45, 7) is -0.0719. The van der Waals surface area contributed by atoms with Crippen LogP contribution in [0.25, 0.3) is 11.5 Å². The van der Waals surface area contributed by atoms with Crippen molar-refractivity contribution in [3.8, 4) is 34.8 Å². The number of rotatable bonds is 7. The quantitative estimate of drug-likeness (QED) is 0.319. The lowest BCUT2D eigenvalue weighted by Gasteiger charge is -2.07. The minimum Gasteiger partial charge on any atom is -0.493 e. The molecular formula is C21H17FN2O5S. The van der Waals surface area contributed by atoms with E-state index in [1.54, 1.807) is 32.4 Å². The topological polar surface area (TPSA) is 83.7 Å². The Hall–Kier alpha value is -3.51. The smallest absolute Gasteiger partial charge is 0.339 e. The largest absolute Gasteiger partial charge is 0.493 e. The van der Waals surface area contributed by atoms with Crippen LogP contribution in [0.15, 0.2) is 52.1 Å². The number of methoxy groups -OCH3 is 2. The second-order valence-corrected chi connectivity index (χ2v) is 6.59. The fourth-order valence-electron chi connectivity index (χ4n) is 2.32. The van der Waals surface area contributed by atoms with Gasteiger partial charge in [-0.1, -0.05) is 23.6 Å². The van der Waals surface area contributed by atoms with Gasteiger partial charge in [-0.2, -0.15) is 0 Å². The Morgan fingerprint density at radius 3 is 2.57 bits per heavy atom. The van der Waals surface area contributed by atoms with E-state index in [4.69, 9.17) is 18.6 Å². The molecule has 9 heteroatoms. The van der Waals surface area contributed by atoms with Gasteiger partial charge >= 0.3 is 5.97 Å². The monoisotopic (exact) mass is 428 g/mol. The van der Waals surface area contributed by atoms with E-state index in [2.05, 4.69) is 22.0 Å². The molecule has 0 aliphatic rings. The number of nitrogens with zero attached hydrogens (tertiary/aromatic N) is 2. The highest BCUT2D eigenvalue weighted by Crippen LogP contribution is 2.32. The molecule has 30 heavy (non-hydrogen) atoms. The lowest BCUT2D eigenvalue weighted by Crippen LogP contribution is -2.05. The number of thioether (sulfide) groups is 1. The zero-order chi connectivity index (χ0) is 21.3. The molecule has 0 aliphatic carbocycles. The summed E-state index contributed by atoms with van der Waals surface area (Å²) in [5.41, 5.74) is 0.965. The SMILES string of the molecule is COc1ccc(-c2nnc(SCC#CCOC(=O)c3ccc(F)cc3)o2)cc1OC. The van der Waals surface area contributed by atoms with Gasteiger partial charge in [0.25, 0.3) is 5.22 Å². The lowest BCUT2D eigenvalue weighted by molar-refractivity contribution is 0.0556. The minimum absolute atomic E-state index is 0.0719. The Morgan fingerprint density at radius 1 is 1.07 bits per heavy atom. The molecule has 3 aromatic rings. The van der Waals surface area contributed by atoms with Crippen molar-refractivity contribution >= 4 is 17.7 Å². The number of carbonyl (C=O) groups is 1. The summed E-state index contributed by atoms with van der Waals surface area (Å²) >= 11 is 1.26. The van der Waals surface area contributed by atoms with Crippen LogP contribution in [-0.4, -0.2) is 42.7 Å². The normalized spacial score (nSPS) is 10.1. The summed E-state index contributed by atoms with van der Waals surface area (Å²) in [6, 6.07) is 10.4. The van der Waals surface area contributed by atoms with Crippen LogP contribution in [-0.2, 0) is 4.74 Å². The number of halogens is 1. The molecular weight excluding hydrogens is 411 g/mol. The average Bonchev–Trinajstić information content (AvgIpc) is 3.25. The van der Waals surface area contributed by atoms with Gasteiger partial charge in [0.15, 0.2) is 18.1 Å². The van der Waals surface area contributed by atoms with E-state index in [0.29, 0.717) is 33.9 Å². The highest BCUT2D eigenvalue weighted by molar-refractivity contribution is 7.99. The van der Waals surface area contributed by atoms with Crippen LogP contribution in [0.3, 0.4) is 0 Å². The number of esters is 1. The summed E-state index contributed by atoms with van der Waals surface area (Å²) in [4.78, 5) is 11.8. The Balaban J connectivity index is 1.48. The van der Waals surface area contributed by atoms with Crippen molar-refractivity contribution in [3.05, 3.63) is 53.8 Å². The lowest BCUT2D eigenvalue weighted by atomic mass is 10.2. The zero-order valence-corrected chi connectivity index (χ0v) is 17.0. The maximum atomic E-state index is 12.8. The number of hydrogen-bond donors (Lipinski definition) is 0. The average molecular weight is 428 g/mol. The molecule has 0 radical (unpaired) electrons. The van der Waals surface area contributed by atoms with Crippen LogP contribution in [0.5, 0.6) is 11.5 Å². The first-order valence-electron chi connectivity index (χ1n) is 8.68. The van der Waals surface area contributed by atoms with E-state index >= 15 is 0 Å². The van der Waals surface area contributed by atoms with Crippen LogP contribution in [0.2, 0.25) is 0 Å². The predicted molar refractivity (Wildman–Crippen MR) is 108 cm³/mol. The molecule has 7 nitrogen and oxygen atoms in total. The molecule has 1 heterocycles. The first-order valence-corrected chi connectivity index (χ1v) is 9.66. The summed E-state index contributed by atoms with van der Waals surface area (Å²) in [5.74, 6) is 6.47. The predicted octanol–water partition coefficient (Wildman–Crippen LogP) is 3.85. The van der Waals surface area contributed by atoms with Crippen LogP contribution < -0.4 is 9.47 Å². The molecule has 0 saturated carbocycles. The molecule has 0 N–H and O–H groups in total. The number of benzene rings is 2. The molecule has 0 fully saturated rings. The van der Waals surface area contributed by atoms with Crippen LogP contribution in [0.4, 0.5) is 4.39 Å². The third-order valence-corrected chi connectivity index (χ3v) is 4.49. The summed E-state index contributed by atoms with van der Waals surface area (Å²) in [6.07, 6.45) is 0. The van der Waals surface area contributed by atoms with E-state index in [1.807, 2.05) is 0 Å². The van der Waals surface area contributed by atoms with Crippen molar-refractivity contribution in [2.75, 3.05) is 26.6 Å². The van der Waals surface area contributed by atoms with Crippen molar-refractivity contribution in [2.45, 2.75) is 5.22 Å². The van der Waals surface area contributed by atoms with Gasteiger partial charge < -0.3 is 18.6 Å². The van der Waals surface area contributed by atoms with Gasteiger partial charge in [-0.25, -0.2) is 9.18 Å². The van der Waals surface area contributed by atoms with E-state index in [0.717, 1.165) is 0 Å². The van der Waals surface area contributed by atoms with Crippen molar-refractivity contribution in [1.82, 2.24) is 10.2 Å². The summed E-state index contributed by atoms with van der Waals surface area (Å²) in [7, 11) is 3.11. The minimum atomic E-state index is -0.562. The Bertz CT molecular complexity index is 1070. The third kappa shape index (κ3) is 5.52. The molecule has 0 amide bonds. The molecule has 0 atom stereocenters. The number of hydrogen-bond acceptors (Lipinski definition) is 8. The van der Waals surface area contributed by atoms with Crippen molar-refractivity contribution in [1.29, 1.82) is 0 Å². The third-order valence-electron chi connectivity index (χ3n) is 3.79. The van der Waals surface area contributed by atoms with E-state index in [9.17, 15) is 9.18 Å². The molecule has 0 saturated heterocycles. The Morgan fingerprint density at radius 2 is 1.83 bits per heavy atom. The second kappa shape index (κ2) is 10.3. The van der Waals surface area contributed by atoms with Crippen LogP contribution >= 0.6 is 11.8 Å². The van der Waals surface area contributed by atoms with Gasteiger partial charge in [0.1, 0.15) is 5.82 Å². The van der Waals surface area contributed by atoms with Crippen LogP contribution in [0, 0.1) is 17.7 Å². The molecule has 0 unspecified atom stereocenters. The first kappa shape index (κ1) is 21.2. The van der Waals surface area contributed by atoms with E-state index in [1.165, 1.54) is 36.0 Å². The number of carbonyl (C=O) groups excluding carboxylic acids is 1. The summed E-state index contributed by atoms with van der Waals surface area (Å²) in [5, 5.41) is 8.35. The van der Waals surface area contributed by atoms with Crippen LogP contribution in [0.1, 0.15) is 10.4 Å². The first-order chi connectivity index (χ1) is 14.6. The van der Waals surface area contributed by atoms with E-state index < -0.39 is 11.8 Å². The zero-order valence-electron chi connectivity index (χ0n) is 16.2. The van der Waals surface area contributed by atoms with Gasteiger partial charge in [-0.05, 0) is 42.5 Å². The highest BCUT2D eigenvalue weighted by atomic mass is 32.2. The molecule has 3 rings (SSSR count). The molecule has 0 bridgehead atoms. The van der Waals surface area contributed by atoms with Gasteiger partial charge in [0.2, 0.25) is 5.89 Å². The fourth-order valence-corrected chi connectivity index (χ4v) is 2.86. The van der Waals surface area contributed by atoms with Gasteiger partial charge in [0, 0.05) is 5.56 Å². The van der Waals surface area contributed by atoms with E-state index in [-0.39, 0.29) is 12.2 Å². The molecule has 2 aromatic carbocycles. The van der Waals surface area contributed by atoms with Gasteiger partial charge in [0.05, 0.1) is 25.5 Å². The summed E-state index contributed by atoms with van der Waals surface area (Å²) < 4.78 is 33.9. The van der Waals surface area contributed by atoms with Gasteiger partial charge in [-0.15, -0.1) is 10.2 Å². The maximum Gasteiger partial charge on any atom is 0.339 e. The molecule has 1 aromatic heterocycles. The van der Waals surface area contributed by atoms with Crippen molar-refractivity contribution in [3.63, 3.8) is 0 Å². The Labute approximate surface area is 176 Å². The van der Waals surface area contributed by atoms with Gasteiger partial charge in [-0.3, -0.25) is 0 Å². The standard InChI is InChI=1S/C21H17FN2O5S/c1-26-17-10-7-15(13-18(17)27-2)19-23-24-21(29-19)30-12-4-3-11-28-20(25)14-5-8-16(22)9-6-14/h5-10,13H,11-12H2,1-2H3. The number of ether oxygens (including phenoxy) is 3. The molecule has 154 valence electrons. The fraction of sp³-hybridized carbons (Fsp3) is 0.190. The Kier molecular flexibility index (Phi) is 7.29.